The molecule has 2 heterocycles. The molecule has 2 N–H and O–H groups in total. The summed E-state index contributed by atoms with van der Waals surface area (Å²) in [6.45, 7) is 9.63. The van der Waals surface area contributed by atoms with Gasteiger partial charge >= 0.3 is 0 Å². The zero-order valence-corrected chi connectivity index (χ0v) is 20.6. The molecular formula is C24H40N4O5. The van der Waals surface area contributed by atoms with Gasteiger partial charge in [0.2, 0.25) is 0 Å². The monoisotopic (exact) mass is 464 g/mol. The van der Waals surface area contributed by atoms with E-state index in [2.05, 4.69) is 9.80 Å². The van der Waals surface area contributed by atoms with Crippen molar-refractivity contribution in [3.63, 3.8) is 0 Å². The van der Waals surface area contributed by atoms with Gasteiger partial charge in [0.05, 0.1) is 0 Å². The lowest BCUT2D eigenvalue weighted by Crippen LogP contribution is -2.55. The van der Waals surface area contributed by atoms with Gasteiger partial charge in [0.25, 0.3) is 0 Å². The fraction of sp³-hybridized carbons (Fsp3) is 0.708. The molecule has 9 heteroatoms. The fourth-order valence-corrected chi connectivity index (χ4v) is 4.45. The molecule has 9 nitrogen and oxygen atoms in total. The number of carbonyl (C=O) groups is 1. The average Bonchev–Trinajstić information content (AvgIpc) is 2.79. The molecule has 3 rings (SSSR count). The van der Waals surface area contributed by atoms with Crippen LogP contribution in [0.2, 0.25) is 0 Å². The van der Waals surface area contributed by atoms with Crippen molar-refractivity contribution in [1.82, 2.24) is 19.6 Å². The molecule has 1 aromatic carbocycles. The summed E-state index contributed by atoms with van der Waals surface area (Å²) in [5.41, 5.74) is 0.429. The van der Waals surface area contributed by atoms with Crippen LogP contribution in [0, 0.1) is 0 Å². The Balaban J connectivity index is 1.79. The predicted molar refractivity (Wildman–Crippen MR) is 126 cm³/mol. The molecule has 0 aliphatic carbocycles. The molecule has 186 valence electrons. The summed E-state index contributed by atoms with van der Waals surface area (Å²) in [5, 5.41) is 20.5. The zero-order valence-electron chi connectivity index (χ0n) is 20.6. The number of likely N-dealkylation sites (N-methyl/N-ethyl adjacent to an activating group) is 2. The number of hydrogen-bond donors (Lipinski definition) is 2. The van der Waals surface area contributed by atoms with Gasteiger partial charge in [0.15, 0.2) is 18.2 Å². The van der Waals surface area contributed by atoms with E-state index in [9.17, 15) is 15.0 Å². The maximum absolute atomic E-state index is 12.7. The van der Waals surface area contributed by atoms with Gasteiger partial charge in [0.1, 0.15) is 29.5 Å². The van der Waals surface area contributed by atoms with Gasteiger partial charge in [-0.2, -0.15) is 0 Å². The Morgan fingerprint density at radius 2 is 1.33 bits per heavy atom. The second-order valence-corrected chi connectivity index (χ2v) is 9.06. The normalized spacial score (nSPS) is 25.5. The van der Waals surface area contributed by atoms with Crippen LogP contribution in [-0.2, 0) is 0 Å². The first kappa shape index (κ1) is 25.9. The van der Waals surface area contributed by atoms with Gasteiger partial charge < -0.3 is 19.7 Å². The zero-order chi connectivity index (χ0) is 24.1. The molecule has 4 unspecified atom stereocenters. The Morgan fingerprint density at radius 1 is 0.909 bits per heavy atom. The van der Waals surface area contributed by atoms with Crippen molar-refractivity contribution in [3.05, 3.63) is 23.8 Å². The van der Waals surface area contributed by atoms with Crippen LogP contribution in [0.3, 0.4) is 0 Å². The Kier molecular flexibility index (Phi) is 9.09. The lowest BCUT2D eigenvalue weighted by molar-refractivity contribution is -0.0911. The molecule has 2 aliphatic rings. The van der Waals surface area contributed by atoms with E-state index in [1.165, 1.54) is 6.92 Å². The number of hydrogen-bond acceptors (Lipinski definition) is 9. The summed E-state index contributed by atoms with van der Waals surface area (Å²) in [6.07, 6.45) is -0.149. The quantitative estimate of drug-likeness (QED) is 0.524. The summed E-state index contributed by atoms with van der Waals surface area (Å²) in [6, 6.07) is 5.45. The molecule has 2 saturated heterocycles. The van der Waals surface area contributed by atoms with Crippen LogP contribution in [0.5, 0.6) is 11.5 Å². The van der Waals surface area contributed by atoms with Crippen molar-refractivity contribution >= 4 is 5.78 Å². The highest BCUT2D eigenvalue weighted by molar-refractivity contribution is 5.99. The van der Waals surface area contributed by atoms with E-state index >= 15 is 0 Å². The van der Waals surface area contributed by atoms with E-state index in [0.29, 0.717) is 30.2 Å². The minimum absolute atomic E-state index is 0.123. The van der Waals surface area contributed by atoms with Crippen molar-refractivity contribution in [2.24, 2.45) is 0 Å². The molecule has 0 amide bonds. The summed E-state index contributed by atoms with van der Waals surface area (Å²) in [4.78, 5) is 20.7. The maximum Gasteiger partial charge on any atom is 0.167 e. The summed E-state index contributed by atoms with van der Waals surface area (Å²) in [7, 11) is 3.81. The molecular weight excluding hydrogens is 424 g/mol. The van der Waals surface area contributed by atoms with Crippen molar-refractivity contribution in [2.45, 2.75) is 58.5 Å². The Hall–Kier alpha value is -1.75. The third-order valence-corrected chi connectivity index (χ3v) is 6.67. The van der Waals surface area contributed by atoms with Crippen LogP contribution in [0.25, 0.3) is 0 Å². The predicted octanol–water partition coefficient (Wildman–Crippen LogP) is 1.25. The maximum atomic E-state index is 12.7. The third kappa shape index (κ3) is 6.23. The van der Waals surface area contributed by atoms with Crippen LogP contribution in [0.15, 0.2) is 18.2 Å². The van der Waals surface area contributed by atoms with E-state index in [0.717, 1.165) is 39.0 Å². The van der Waals surface area contributed by atoms with Gasteiger partial charge in [-0.05, 0) is 46.0 Å². The number of nitrogens with zero attached hydrogens (tertiary/aromatic N) is 4. The van der Waals surface area contributed by atoms with Crippen LogP contribution < -0.4 is 9.47 Å². The van der Waals surface area contributed by atoms with Crippen molar-refractivity contribution in [2.75, 3.05) is 53.4 Å². The van der Waals surface area contributed by atoms with Gasteiger partial charge in [0, 0.05) is 39.3 Å². The molecule has 0 aromatic heterocycles. The van der Waals surface area contributed by atoms with Crippen LogP contribution >= 0.6 is 0 Å². The Labute approximate surface area is 197 Å². The number of Topliss-reactive ketones (excluding diaryl/α,β-unsaturated/α-hetero) is 1. The summed E-state index contributed by atoms with van der Waals surface area (Å²) in [5.74, 6) is 0.865. The topological polar surface area (TPSA) is 89.0 Å². The lowest BCUT2D eigenvalue weighted by atomic mass is 10.1. The summed E-state index contributed by atoms with van der Waals surface area (Å²) >= 11 is 0. The number of carbonyl (C=O) groups excluding carboxylic acids is 1. The number of ketones is 1. The molecule has 4 atom stereocenters. The first-order valence-electron chi connectivity index (χ1n) is 12.0. The smallest absolute Gasteiger partial charge is 0.167 e. The fourth-order valence-electron chi connectivity index (χ4n) is 4.45. The van der Waals surface area contributed by atoms with Crippen molar-refractivity contribution in [3.8, 4) is 11.5 Å². The van der Waals surface area contributed by atoms with Crippen LogP contribution in [0.1, 0.15) is 44.0 Å². The average molecular weight is 465 g/mol. The highest BCUT2D eigenvalue weighted by Gasteiger charge is 2.31. The highest BCUT2D eigenvalue weighted by Crippen LogP contribution is 2.32. The Morgan fingerprint density at radius 3 is 1.67 bits per heavy atom. The van der Waals surface area contributed by atoms with Crippen molar-refractivity contribution in [1.29, 1.82) is 0 Å². The van der Waals surface area contributed by atoms with Gasteiger partial charge in [-0.1, -0.05) is 19.9 Å². The molecule has 0 saturated carbocycles. The van der Waals surface area contributed by atoms with Gasteiger partial charge in [-0.15, -0.1) is 0 Å². The van der Waals surface area contributed by atoms with Gasteiger partial charge in [-0.3, -0.25) is 24.4 Å². The first-order chi connectivity index (χ1) is 15.7. The highest BCUT2D eigenvalue weighted by atomic mass is 16.5. The minimum Gasteiger partial charge on any atom is -0.474 e. The molecule has 0 spiro atoms. The molecule has 0 bridgehead atoms. The molecule has 1 aromatic rings. The lowest BCUT2D eigenvalue weighted by Gasteiger charge is -2.41. The number of β-amino-alcohol motifs (C(OH)–C–C–N with tert-alkyl or cyclic N) is 2. The SMILES string of the molecule is CCC(Oc1cccc(OC(CC)N2CCN(C)C(O)C2)c1C(C)=O)N1CCN(C)C(O)C1. The second-order valence-electron chi connectivity index (χ2n) is 9.06. The minimum atomic E-state index is -0.539. The molecule has 33 heavy (non-hydrogen) atoms. The van der Waals surface area contributed by atoms with Gasteiger partial charge in [-0.25, -0.2) is 0 Å². The molecule has 2 aliphatic heterocycles. The van der Waals surface area contributed by atoms with E-state index < -0.39 is 12.5 Å². The number of ether oxygens (including phenoxy) is 2. The van der Waals surface area contributed by atoms with Crippen LogP contribution in [0.4, 0.5) is 0 Å². The number of benzene rings is 1. The second kappa shape index (κ2) is 11.6. The largest absolute Gasteiger partial charge is 0.474 e. The third-order valence-electron chi connectivity index (χ3n) is 6.67. The van der Waals surface area contributed by atoms with E-state index in [1.807, 2.05) is 43.8 Å². The van der Waals surface area contributed by atoms with E-state index in [1.54, 1.807) is 12.1 Å². The Bertz CT molecular complexity index is 740. The van der Waals surface area contributed by atoms with Crippen LogP contribution in [-0.4, -0.2) is 114 Å². The molecule has 2 fully saturated rings. The standard InChI is InChI=1S/C24H40N4O5/c1-6-22(27-13-11-25(4)20(30)15-27)32-18-9-8-10-19(24(18)17(3)29)33-23(7-2)28-14-12-26(5)21(31)16-28/h8-10,20-23,30-31H,6-7,11-16H2,1-5H3. The summed E-state index contributed by atoms with van der Waals surface area (Å²) < 4.78 is 12.7. The number of aliphatic hydroxyl groups excluding tert-OH is 2. The van der Waals surface area contributed by atoms with Crippen molar-refractivity contribution < 1.29 is 24.5 Å². The number of aliphatic hydroxyl groups is 2. The first-order valence-corrected chi connectivity index (χ1v) is 12.0. The number of piperazine rings is 2. The van der Waals surface area contributed by atoms with E-state index in [4.69, 9.17) is 9.47 Å². The molecule has 0 radical (unpaired) electrons. The van der Waals surface area contributed by atoms with E-state index in [-0.39, 0.29) is 18.2 Å². The number of rotatable bonds is 9.